The van der Waals surface area contributed by atoms with Gasteiger partial charge in [-0.05, 0) is 68.7 Å². The highest BCUT2D eigenvalue weighted by Crippen LogP contribution is 2.28. The van der Waals surface area contributed by atoms with E-state index in [2.05, 4.69) is 5.32 Å². The molecular weight excluding hydrogens is 402 g/mol. The summed E-state index contributed by atoms with van der Waals surface area (Å²) in [5, 5.41) is 3.00. The molecular formula is C23H24ClN3O3. The minimum atomic E-state index is -0.645. The standard InChI is InChI=1S/C23H24ClN3O3/c1-14-12-16(15(2)26(14)19-10-8-17(24)9-11-19)13-20-21(28)25-23(30)27(22(20)29)18-6-4-3-5-7-18/h8-13,18H,3-7H2,1-2H3,(H,25,28,30). The van der Waals surface area contributed by atoms with Crippen LogP contribution < -0.4 is 5.32 Å². The number of amides is 4. The Hall–Kier alpha value is -2.86. The van der Waals surface area contributed by atoms with E-state index in [-0.39, 0.29) is 11.6 Å². The first-order valence-electron chi connectivity index (χ1n) is 10.2. The molecule has 156 valence electrons. The predicted molar refractivity (Wildman–Crippen MR) is 115 cm³/mol. The smallest absolute Gasteiger partial charge is 0.318 e. The monoisotopic (exact) mass is 425 g/mol. The summed E-state index contributed by atoms with van der Waals surface area (Å²) in [5.74, 6) is -1.15. The highest BCUT2D eigenvalue weighted by molar-refractivity contribution is 6.31. The summed E-state index contributed by atoms with van der Waals surface area (Å²) >= 11 is 6.00. The zero-order chi connectivity index (χ0) is 21.4. The van der Waals surface area contributed by atoms with E-state index in [4.69, 9.17) is 11.6 Å². The number of hydrogen-bond donors (Lipinski definition) is 1. The van der Waals surface area contributed by atoms with Crippen LogP contribution in [0.1, 0.15) is 49.1 Å². The lowest BCUT2D eigenvalue weighted by Crippen LogP contribution is -2.58. The molecule has 4 rings (SSSR count). The normalized spacial score (nSPS) is 19.5. The number of aryl methyl sites for hydroxylation is 1. The van der Waals surface area contributed by atoms with Crippen LogP contribution in [0.5, 0.6) is 0 Å². The molecule has 1 N–H and O–H groups in total. The van der Waals surface area contributed by atoms with Gasteiger partial charge in [0.1, 0.15) is 5.57 Å². The zero-order valence-electron chi connectivity index (χ0n) is 17.1. The molecule has 4 amide bonds. The van der Waals surface area contributed by atoms with E-state index in [0.29, 0.717) is 5.02 Å². The summed E-state index contributed by atoms with van der Waals surface area (Å²) in [4.78, 5) is 39.2. The molecule has 6 nitrogen and oxygen atoms in total. The van der Waals surface area contributed by atoms with Crippen LogP contribution in [-0.2, 0) is 9.59 Å². The molecule has 0 radical (unpaired) electrons. The summed E-state index contributed by atoms with van der Waals surface area (Å²) in [6.45, 7) is 3.90. The van der Waals surface area contributed by atoms with E-state index in [1.165, 1.54) is 4.90 Å². The molecule has 1 saturated carbocycles. The molecule has 2 aromatic rings. The first-order chi connectivity index (χ1) is 14.4. The largest absolute Gasteiger partial charge is 0.331 e. The van der Waals surface area contributed by atoms with Crippen LogP contribution in [0, 0.1) is 13.8 Å². The summed E-state index contributed by atoms with van der Waals surface area (Å²) in [5.41, 5.74) is 3.56. The van der Waals surface area contributed by atoms with Crippen molar-refractivity contribution in [3.05, 3.63) is 57.9 Å². The highest BCUT2D eigenvalue weighted by atomic mass is 35.5. The molecule has 1 saturated heterocycles. The summed E-state index contributed by atoms with van der Waals surface area (Å²) in [6, 6.07) is 8.64. The topological polar surface area (TPSA) is 71.4 Å². The van der Waals surface area contributed by atoms with Crippen molar-refractivity contribution in [3.8, 4) is 5.69 Å². The van der Waals surface area contributed by atoms with Crippen molar-refractivity contribution in [1.29, 1.82) is 0 Å². The Balaban J connectivity index is 1.70. The third-order valence-corrected chi connectivity index (χ3v) is 6.18. The van der Waals surface area contributed by atoms with Gasteiger partial charge in [-0.1, -0.05) is 30.9 Å². The molecule has 2 fully saturated rings. The molecule has 30 heavy (non-hydrogen) atoms. The SMILES string of the molecule is Cc1cc(C=C2C(=O)NC(=O)N(C3CCCCC3)C2=O)c(C)n1-c1ccc(Cl)cc1. The van der Waals surface area contributed by atoms with Crippen molar-refractivity contribution in [2.75, 3.05) is 0 Å². The summed E-state index contributed by atoms with van der Waals surface area (Å²) in [6.07, 6.45) is 6.23. The molecule has 0 bridgehead atoms. The van der Waals surface area contributed by atoms with Gasteiger partial charge in [0.15, 0.2) is 0 Å². The van der Waals surface area contributed by atoms with E-state index in [1.54, 1.807) is 6.08 Å². The number of hydrogen-bond acceptors (Lipinski definition) is 3. The quantitative estimate of drug-likeness (QED) is 0.579. The van der Waals surface area contributed by atoms with Gasteiger partial charge in [-0.3, -0.25) is 19.8 Å². The molecule has 1 aliphatic heterocycles. The minimum absolute atomic E-state index is 0.00321. The van der Waals surface area contributed by atoms with Crippen LogP contribution in [0.4, 0.5) is 4.79 Å². The lowest BCUT2D eigenvalue weighted by molar-refractivity contribution is -0.132. The van der Waals surface area contributed by atoms with Crippen LogP contribution in [0.25, 0.3) is 11.8 Å². The number of halogens is 1. The molecule has 2 heterocycles. The lowest BCUT2D eigenvalue weighted by Gasteiger charge is -2.35. The van der Waals surface area contributed by atoms with E-state index in [9.17, 15) is 14.4 Å². The molecule has 0 unspecified atom stereocenters. The second-order valence-corrected chi connectivity index (χ2v) is 8.36. The van der Waals surface area contributed by atoms with Gasteiger partial charge in [-0.15, -0.1) is 0 Å². The Bertz CT molecular complexity index is 1050. The maximum absolute atomic E-state index is 13.1. The molecule has 1 aliphatic carbocycles. The van der Waals surface area contributed by atoms with E-state index >= 15 is 0 Å². The van der Waals surface area contributed by atoms with Gasteiger partial charge in [0.05, 0.1) is 0 Å². The lowest BCUT2D eigenvalue weighted by atomic mass is 9.93. The van der Waals surface area contributed by atoms with Gasteiger partial charge in [0.2, 0.25) is 0 Å². The number of rotatable bonds is 3. The van der Waals surface area contributed by atoms with E-state index < -0.39 is 17.8 Å². The van der Waals surface area contributed by atoms with Gasteiger partial charge < -0.3 is 4.57 Å². The van der Waals surface area contributed by atoms with Crippen molar-refractivity contribution >= 4 is 35.5 Å². The Kier molecular flexibility index (Phi) is 5.52. The zero-order valence-corrected chi connectivity index (χ0v) is 17.8. The molecule has 0 atom stereocenters. The van der Waals surface area contributed by atoms with Crippen LogP contribution in [0.2, 0.25) is 5.02 Å². The second-order valence-electron chi connectivity index (χ2n) is 7.92. The van der Waals surface area contributed by atoms with E-state index in [0.717, 1.165) is 54.7 Å². The average Bonchev–Trinajstić information content (AvgIpc) is 3.00. The molecule has 0 spiro atoms. The fraction of sp³-hybridized carbons (Fsp3) is 0.348. The molecule has 2 aliphatic rings. The third-order valence-electron chi connectivity index (χ3n) is 5.93. The van der Waals surface area contributed by atoms with Gasteiger partial charge in [-0.25, -0.2) is 4.79 Å². The number of carbonyl (C=O) groups excluding carboxylic acids is 3. The number of aromatic nitrogens is 1. The van der Waals surface area contributed by atoms with Crippen molar-refractivity contribution in [2.24, 2.45) is 0 Å². The first-order valence-corrected chi connectivity index (χ1v) is 10.6. The average molecular weight is 426 g/mol. The van der Waals surface area contributed by atoms with Crippen LogP contribution in [0.3, 0.4) is 0 Å². The fourth-order valence-corrected chi connectivity index (χ4v) is 4.54. The van der Waals surface area contributed by atoms with Crippen molar-refractivity contribution in [1.82, 2.24) is 14.8 Å². The molecule has 1 aromatic heterocycles. The second kappa shape index (κ2) is 8.11. The van der Waals surface area contributed by atoms with Crippen molar-refractivity contribution in [2.45, 2.75) is 52.0 Å². The Morgan fingerprint density at radius 3 is 2.37 bits per heavy atom. The number of barbiturate groups is 1. The predicted octanol–water partition coefficient (Wildman–Crippen LogP) is 4.54. The van der Waals surface area contributed by atoms with Crippen LogP contribution in [0.15, 0.2) is 35.9 Å². The number of nitrogens with one attached hydrogen (secondary N) is 1. The maximum atomic E-state index is 13.1. The van der Waals surface area contributed by atoms with Gasteiger partial charge in [0.25, 0.3) is 11.8 Å². The maximum Gasteiger partial charge on any atom is 0.331 e. The first kappa shape index (κ1) is 20.4. The minimum Gasteiger partial charge on any atom is -0.318 e. The number of nitrogens with zero attached hydrogens (tertiary/aromatic N) is 2. The van der Waals surface area contributed by atoms with Gasteiger partial charge in [0, 0.05) is 28.1 Å². The number of carbonyl (C=O) groups is 3. The number of benzene rings is 1. The molecule has 1 aromatic carbocycles. The number of urea groups is 1. The van der Waals surface area contributed by atoms with Crippen molar-refractivity contribution in [3.63, 3.8) is 0 Å². The summed E-state index contributed by atoms with van der Waals surface area (Å²) < 4.78 is 2.04. The van der Waals surface area contributed by atoms with Crippen LogP contribution >= 0.6 is 11.6 Å². The van der Waals surface area contributed by atoms with Gasteiger partial charge >= 0.3 is 6.03 Å². The Morgan fingerprint density at radius 1 is 1.03 bits per heavy atom. The van der Waals surface area contributed by atoms with Crippen LogP contribution in [-0.4, -0.2) is 33.4 Å². The van der Waals surface area contributed by atoms with E-state index in [1.807, 2.05) is 48.7 Å². The summed E-state index contributed by atoms with van der Waals surface area (Å²) in [7, 11) is 0. The van der Waals surface area contributed by atoms with Gasteiger partial charge in [-0.2, -0.15) is 0 Å². The Morgan fingerprint density at radius 2 is 1.70 bits per heavy atom. The van der Waals surface area contributed by atoms with Crippen molar-refractivity contribution < 1.29 is 14.4 Å². The third kappa shape index (κ3) is 3.67. The Labute approximate surface area is 180 Å². The number of imide groups is 2. The fourth-order valence-electron chi connectivity index (χ4n) is 4.42. The molecule has 7 heteroatoms. The highest BCUT2D eigenvalue weighted by Gasteiger charge is 2.40.